The Bertz CT molecular complexity index is 304. The molecule has 0 aliphatic carbocycles. The third kappa shape index (κ3) is 4.83. The summed E-state index contributed by atoms with van der Waals surface area (Å²) in [5.41, 5.74) is -0.427. The second-order valence-electron chi connectivity index (χ2n) is 6.96. The van der Waals surface area contributed by atoms with Crippen molar-refractivity contribution >= 4 is 5.91 Å². The molecule has 0 saturated carbocycles. The minimum atomic E-state index is -0.298. The molecule has 1 N–H and O–H groups in total. The average molecular weight is 253 g/mol. The van der Waals surface area contributed by atoms with E-state index >= 15 is 0 Å². The summed E-state index contributed by atoms with van der Waals surface area (Å²) in [7, 11) is 0. The molecular weight excluding hydrogens is 222 g/mol. The fraction of sp³-hybridized carbons (Fsp3) is 0.812. The molecule has 0 aliphatic heterocycles. The van der Waals surface area contributed by atoms with E-state index in [0.717, 1.165) is 19.3 Å². The van der Waals surface area contributed by atoms with Crippen LogP contribution >= 0.6 is 0 Å². The van der Waals surface area contributed by atoms with E-state index in [1.165, 1.54) is 0 Å². The third-order valence-corrected chi connectivity index (χ3v) is 4.10. The van der Waals surface area contributed by atoms with Crippen molar-refractivity contribution in [3.8, 4) is 0 Å². The predicted octanol–water partition coefficient (Wildman–Crippen LogP) is 4.31. The number of nitrogens with one attached hydrogen (secondary N) is 1. The number of hydrogen-bond donors (Lipinski definition) is 1. The fourth-order valence-electron chi connectivity index (χ4n) is 2.03. The van der Waals surface area contributed by atoms with Crippen molar-refractivity contribution in [1.29, 1.82) is 0 Å². The van der Waals surface area contributed by atoms with Crippen LogP contribution in [0.2, 0.25) is 0 Å². The molecule has 0 aromatic heterocycles. The molecule has 0 spiro atoms. The zero-order chi connectivity index (χ0) is 14.6. The van der Waals surface area contributed by atoms with E-state index in [2.05, 4.69) is 39.6 Å². The predicted molar refractivity (Wildman–Crippen MR) is 79.5 cm³/mol. The summed E-state index contributed by atoms with van der Waals surface area (Å²) >= 11 is 0. The van der Waals surface area contributed by atoms with Crippen molar-refractivity contribution in [2.45, 2.75) is 73.3 Å². The second kappa shape index (κ2) is 5.90. The molecular formula is C16H31NO. The van der Waals surface area contributed by atoms with E-state index in [4.69, 9.17) is 0 Å². The van der Waals surface area contributed by atoms with E-state index in [1.54, 1.807) is 0 Å². The van der Waals surface area contributed by atoms with Gasteiger partial charge >= 0.3 is 0 Å². The highest BCUT2D eigenvalue weighted by Crippen LogP contribution is 2.33. The van der Waals surface area contributed by atoms with Crippen LogP contribution in [0.4, 0.5) is 0 Å². The highest BCUT2D eigenvalue weighted by Gasteiger charge is 2.34. The molecule has 1 atom stereocenters. The molecule has 2 nitrogen and oxygen atoms in total. The number of amides is 1. The fourth-order valence-corrected chi connectivity index (χ4v) is 2.03. The van der Waals surface area contributed by atoms with Gasteiger partial charge in [0.05, 0.1) is 0 Å². The van der Waals surface area contributed by atoms with Gasteiger partial charge in [-0.05, 0) is 38.5 Å². The molecule has 0 aromatic carbocycles. The lowest BCUT2D eigenvalue weighted by atomic mass is 9.76. The molecule has 1 unspecified atom stereocenters. The highest BCUT2D eigenvalue weighted by molar-refractivity contribution is 5.82. The Balaban J connectivity index is 4.77. The van der Waals surface area contributed by atoms with Crippen molar-refractivity contribution in [2.75, 3.05) is 0 Å². The normalized spacial score (nSPS) is 15.9. The summed E-state index contributed by atoms with van der Waals surface area (Å²) in [6, 6.07) is 0. The largest absolute Gasteiger partial charge is 0.351 e. The van der Waals surface area contributed by atoms with Gasteiger partial charge in [-0.1, -0.05) is 40.7 Å². The maximum Gasteiger partial charge on any atom is 0.226 e. The minimum Gasteiger partial charge on any atom is -0.351 e. The Morgan fingerprint density at radius 2 is 1.61 bits per heavy atom. The van der Waals surface area contributed by atoms with Gasteiger partial charge in [0.25, 0.3) is 0 Å². The van der Waals surface area contributed by atoms with Gasteiger partial charge in [0, 0.05) is 11.0 Å². The summed E-state index contributed by atoms with van der Waals surface area (Å²) in [6.45, 7) is 18.5. The smallest absolute Gasteiger partial charge is 0.226 e. The Morgan fingerprint density at radius 1 is 1.11 bits per heavy atom. The Morgan fingerprint density at radius 3 is 1.94 bits per heavy atom. The van der Waals surface area contributed by atoms with Crippen molar-refractivity contribution in [1.82, 2.24) is 5.32 Å². The van der Waals surface area contributed by atoms with Crippen LogP contribution in [0, 0.1) is 10.8 Å². The Hall–Kier alpha value is -0.790. The SMILES string of the molecule is C=CC(C)(CC)CC(C)(C)NC(=O)C(C)(C)CC. The van der Waals surface area contributed by atoms with Crippen molar-refractivity contribution in [2.24, 2.45) is 10.8 Å². The average Bonchev–Trinajstić information content (AvgIpc) is 2.27. The number of carbonyl (C=O) groups is 1. The van der Waals surface area contributed by atoms with Crippen LogP contribution in [-0.2, 0) is 4.79 Å². The molecule has 0 saturated heterocycles. The standard InChI is InChI=1S/C16H31NO/c1-9-14(4,5)13(18)17-15(6,7)12-16(8,10-2)11-3/h10H,2,9,11-12H2,1,3-8H3,(H,17,18). The topological polar surface area (TPSA) is 29.1 Å². The van der Waals surface area contributed by atoms with E-state index in [1.807, 2.05) is 26.8 Å². The van der Waals surface area contributed by atoms with Crippen molar-refractivity contribution in [3.05, 3.63) is 12.7 Å². The number of rotatable bonds is 7. The summed E-state index contributed by atoms with van der Waals surface area (Å²) in [5, 5.41) is 3.19. The molecule has 0 radical (unpaired) electrons. The van der Waals surface area contributed by atoms with Crippen LogP contribution in [-0.4, -0.2) is 11.4 Å². The third-order valence-electron chi connectivity index (χ3n) is 4.10. The number of carbonyl (C=O) groups excluding carboxylic acids is 1. The first-order chi connectivity index (χ1) is 8.02. The lowest BCUT2D eigenvalue weighted by Gasteiger charge is -2.37. The molecule has 0 fully saturated rings. The Labute approximate surface area is 113 Å². The van der Waals surface area contributed by atoms with Gasteiger partial charge in [-0.3, -0.25) is 4.79 Å². The highest BCUT2D eigenvalue weighted by atomic mass is 16.2. The summed E-state index contributed by atoms with van der Waals surface area (Å²) < 4.78 is 0. The molecule has 1 amide bonds. The van der Waals surface area contributed by atoms with Crippen LogP contribution in [0.1, 0.15) is 67.7 Å². The molecule has 0 aliphatic rings. The summed E-state index contributed by atoms with van der Waals surface area (Å²) in [4.78, 5) is 12.2. The number of allylic oxidation sites excluding steroid dienone is 1. The molecule has 2 heteroatoms. The first-order valence-corrected chi connectivity index (χ1v) is 6.98. The maximum absolute atomic E-state index is 12.2. The minimum absolute atomic E-state index is 0.0765. The molecule has 0 rings (SSSR count). The van der Waals surface area contributed by atoms with E-state index < -0.39 is 0 Å². The lowest BCUT2D eigenvalue weighted by Crippen LogP contribution is -2.50. The summed E-state index contributed by atoms with van der Waals surface area (Å²) in [6.07, 6.45) is 4.80. The van der Waals surface area contributed by atoms with Crippen molar-refractivity contribution < 1.29 is 4.79 Å². The van der Waals surface area contributed by atoms with Crippen molar-refractivity contribution in [3.63, 3.8) is 0 Å². The lowest BCUT2D eigenvalue weighted by molar-refractivity contribution is -0.131. The quantitative estimate of drug-likeness (QED) is 0.673. The molecule has 0 aromatic rings. The Kier molecular flexibility index (Phi) is 5.64. The zero-order valence-electron chi connectivity index (χ0n) is 13.3. The zero-order valence-corrected chi connectivity index (χ0v) is 13.3. The van der Waals surface area contributed by atoms with Crippen LogP contribution in [0.3, 0.4) is 0 Å². The second-order valence-corrected chi connectivity index (χ2v) is 6.96. The molecule has 0 heterocycles. The van der Waals surface area contributed by atoms with E-state index in [0.29, 0.717) is 0 Å². The maximum atomic E-state index is 12.2. The van der Waals surface area contributed by atoms with Gasteiger partial charge in [0.15, 0.2) is 0 Å². The van der Waals surface area contributed by atoms with Gasteiger partial charge < -0.3 is 5.32 Å². The number of hydrogen-bond acceptors (Lipinski definition) is 1. The van der Waals surface area contributed by atoms with E-state index in [9.17, 15) is 4.79 Å². The summed E-state index contributed by atoms with van der Waals surface area (Å²) in [5.74, 6) is 0.137. The first kappa shape index (κ1) is 17.2. The molecule has 18 heavy (non-hydrogen) atoms. The van der Waals surface area contributed by atoms with Gasteiger partial charge in [0.2, 0.25) is 5.91 Å². The van der Waals surface area contributed by atoms with Gasteiger partial charge in [-0.2, -0.15) is 0 Å². The molecule has 0 bridgehead atoms. The van der Waals surface area contributed by atoms with Crippen LogP contribution < -0.4 is 5.32 Å². The first-order valence-electron chi connectivity index (χ1n) is 6.98. The van der Waals surface area contributed by atoms with Gasteiger partial charge in [0.1, 0.15) is 0 Å². The monoisotopic (exact) mass is 253 g/mol. The van der Waals surface area contributed by atoms with Gasteiger partial charge in [-0.15, -0.1) is 6.58 Å². The molecule has 106 valence electrons. The van der Waals surface area contributed by atoms with Crippen LogP contribution in [0.15, 0.2) is 12.7 Å². The van der Waals surface area contributed by atoms with Crippen LogP contribution in [0.25, 0.3) is 0 Å². The van der Waals surface area contributed by atoms with E-state index in [-0.39, 0.29) is 22.3 Å². The van der Waals surface area contributed by atoms with Gasteiger partial charge in [-0.25, -0.2) is 0 Å². The van der Waals surface area contributed by atoms with Crippen LogP contribution in [0.5, 0.6) is 0 Å².